The summed E-state index contributed by atoms with van der Waals surface area (Å²) in [5, 5.41) is 3.27. The molecule has 0 saturated carbocycles. The lowest BCUT2D eigenvalue weighted by molar-refractivity contribution is 0.393. The van der Waals surface area contributed by atoms with Crippen molar-refractivity contribution in [3.8, 4) is 11.5 Å². The zero-order valence-electron chi connectivity index (χ0n) is 12.1. The van der Waals surface area contributed by atoms with E-state index in [1.165, 1.54) is 12.1 Å². The van der Waals surface area contributed by atoms with Gasteiger partial charge in [-0.1, -0.05) is 0 Å². The average molecular weight is 290 g/mol. The van der Waals surface area contributed by atoms with Crippen LogP contribution in [0.4, 0.5) is 10.1 Å². The van der Waals surface area contributed by atoms with Crippen LogP contribution in [0.25, 0.3) is 0 Å². The highest BCUT2D eigenvalue weighted by Crippen LogP contribution is 2.28. The molecule has 1 unspecified atom stereocenters. The van der Waals surface area contributed by atoms with Crippen LogP contribution in [0.5, 0.6) is 11.5 Å². The van der Waals surface area contributed by atoms with Gasteiger partial charge in [0.05, 0.1) is 20.3 Å². The molecule has 0 bridgehead atoms. The van der Waals surface area contributed by atoms with E-state index in [1.54, 1.807) is 32.4 Å². The molecule has 0 amide bonds. The van der Waals surface area contributed by atoms with E-state index in [1.807, 2.05) is 12.1 Å². The Morgan fingerprint density at radius 1 is 1.05 bits per heavy atom. The number of hydrogen-bond acceptors (Lipinski definition) is 4. The van der Waals surface area contributed by atoms with Crippen LogP contribution in [0.2, 0.25) is 0 Å². The number of anilines is 1. The molecule has 0 saturated heterocycles. The van der Waals surface area contributed by atoms with Gasteiger partial charge in [0.1, 0.15) is 17.3 Å². The van der Waals surface area contributed by atoms with E-state index in [0.717, 1.165) is 11.3 Å². The molecule has 0 aromatic heterocycles. The van der Waals surface area contributed by atoms with Crippen LogP contribution < -0.4 is 20.5 Å². The predicted molar refractivity (Wildman–Crippen MR) is 81.4 cm³/mol. The molecular weight excluding hydrogens is 271 g/mol. The fourth-order valence-electron chi connectivity index (χ4n) is 2.06. The third-order valence-corrected chi connectivity index (χ3v) is 3.20. The zero-order valence-corrected chi connectivity index (χ0v) is 12.1. The molecule has 0 radical (unpaired) electrons. The minimum Gasteiger partial charge on any atom is -0.497 e. The number of hydrogen-bond donors (Lipinski definition) is 2. The highest BCUT2D eigenvalue weighted by Gasteiger charge is 2.12. The van der Waals surface area contributed by atoms with E-state index in [2.05, 4.69) is 5.32 Å². The van der Waals surface area contributed by atoms with Crippen LogP contribution in [0, 0.1) is 5.82 Å². The second-order valence-corrected chi connectivity index (χ2v) is 4.59. The summed E-state index contributed by atoms with van der Waals surface area (Å²) in [6.07, 6.45) is 0. The maximum atomic E-state index is 12.9. The largest absolute Gasteiger partial charge is 0.497 e. The Hall–Kier alpha value is -2.27. The molecule has 1 atom stereocenters. The molecule has 0 aliphatic carbocycles. The van der Waals surface area contributed by atoms with Crippen molar-refractivity contribution in [3.63, 3.8) is 0 Å². The number of nitrogens with two attached hydrogens (primary N) is 1. The Morgan fingerprint density at radius 3 is 2.10 bits per heavy atom. The van der Waals surface area contributed by atoms with Crippen LogP contribution in [-0.4, -0.2) is 20.8 Å². The average Bonchev–Trinajstić information content (AvgIpc) is 2.53. The lowest BCUT2D eigenvalue weighted by Crippen LogP contribution is -2.20. The highest BCUT2D eigenvalue weighted by molar-refractivity contribution is 5.48. The summed E-state index contributed by atoms with van der Waals surface area (Å²) in [4.78, 5) is 0. The predicted octanol–water partition coefficient (Wildman–Crippen LogP) is 2.95. The number of nitrogens with one attached hydrogen (secondary N) is 1. The van der Waals surface area contributed by atoms with E-state index in [0.29, 0.717) is 18.0 Å². The standard InChI is InChI=1S/C16H19FN2O2/c1-20-14-7-11(8-15(9-14)21-2)16(10-18)19-13-5-3-12(17)4-6-13/h3-9,16,19H,10,18H2,1-2H3. The Morgan fingerprint density at radius 2 is 1.62 bits per heavy atom. The molecule has 0 fully saturated rings. The van der Waals surface area contributed by atoms with Gasteiger partial charge in [0.25, 0.3) is 0 Å². The molecule has 112 valence electrons. The summed E-state index contributed by atoms with van der Waals surface area (Å²) < 4.78 is 23.5. The van der Waals surface area contributed by atoms with Crippen molar-refractivity contribution >= 4 is 5.69 Å². The Bertz CT molecular complexity index is 565. The van der Waals surface area contributed by atoms with Gasteiger partial charge in [-0.05, 0) is 42.0 Å². The molecule has 4 nitrogen and oxygen atoms in total. The minimum absolute atomic E-state index is 0.125. The van der Waals surface area contributed by atoms with Crippen molar-refractivity contribution in [1.82, 2.24) is 0 Å². The quantitative estimate of drug-likeness (QED) is 0.859. The SMILES string of the molecule is COc1cc(OC)cc(C(CN)Nc2ccc(F)cc2)c1. The first-order valence-electron chi connectivity index (χ1n) is 6.61. The number of ether oxygens (including phenoxy) is 2. The van der Waals surface area contributed by atoms with Crippen molar-refractivity contribution in [2.24, 2.45) is 5.73 Å². The normalized spacial score (nSPS) is 11.8. The second kappa shape index (κ2) is 6.95. The van der Waals surface area contributed by atoms with E-state index in [9.17, 15) is 4.39 Å². The maximum absolute atomic E-state index is 12.9. The van der Waals surface area contributed by atoms with Crippen LogP contribution >= 0.6 is 0 Å². The Balaban J connectivity index is 2.25. The number of benzene rings is 2. The molecule has 0 aliphatic heterocycles. The van der Waals surface area contributed by atoms with Gasteiger partial charge in [-0.3, -0.25) is 0 Å². The van der Waals surface area contributed by atoms with Gasteiger partial charge < -0.3 is 20.5 Å². The summed E-state index contributed by atoms with van der Waals surface area (Å²) in [6.45, 7) is 0.383. The minimum atomic E-state index is -0.270. The third-order valence-electron chi connectivity index (χ3n) is 3.20. The fraction of sp³-hybridized carbons (Fsp3) is 0.250. The van der Waals surface area contributed by atoms with E-state index in [-0.39, 0.29) is 11.9 Å². The molecule has 2 aromatic rings. The van der Waals surface area contributed by atoms with Crippen LogP contribution in [-0.2, 0) is 0 Å². The van der Waals surface area contributed by atoms with Gasteiger partial charge in [0.15, 0.2) is 0 Å². The second-order valence-electron chi connectivity index (χ2n) is 4.59. The topological polar surface area (TPSA) is 56.5 Å². The van der Waals surface area contributed by atoms with Gasteiger partial charge in [-0.2, -0.15) is 0 Å². The van der Waals surface area contributed by atoms with Crippen molar-refractivity contribution in [2.75, 3.05) is 26.1 Å². The molecule has 0 heterocycles. The van der Waals surface area contributed by atoms with Gasteiger partial charge in [0, 0.05) is 18.3 Å². The van der Waals surface area contributed by atoms with Crippen molar-refractivity contribution in [1.29, 1.82) is 0 Å². The summed E-state index contributed by atoms with van der Waals surface area (Å²) in [5.41, 5.74) is 7.59. The van der Waals surface area contributed by atoms with Gasteiger partial charge in [-0.25, -0.2) is 4.39 Å². The summed E-state index contributed by atoms with van der Waals surface area (Å²) in [7, 11) is 3.20. The Kier molecular flexibility index (Phi) is 5.00. The first-order chi connectivity index (χ1) is 10.2. The van der Waals surface area contributed by atoms with Crippen molar-refractivity contribution < 1.29 is 13.9 Å². The number of rotatable bonds is 6. The molecule has 5 heteroatoms. The van der Waals surface area contributed by atoms with E-state index >= 15 is 0 Å². The van der Waals surface area contributed by atoms with Crippen molar-refractivity contribution in [3.05, 3.63) is 53.8 Å². The number of methoxy groups -OCH3 is 2. The van der Waals surface area contributed by atoms with E-state index in [4.69, 9.17) is 15.2 Å². The number of halogens is 1. The van der Waals surface area contributed by atoms with Crippen LogP contribution in [0.1, 0.15) is 11.6 Å². The van der Waals surface area contributed by atoms with Gasteiger partial charge in [0.2, 0.25) is 0 Å². The van der Waals surface area contributed by atoms with Gasteiger partial charge >= 0.3 is 0 Å². The smallest absolute Gasteiger partial charge is 0.123 e. The first-order valence-corrected chi connectivity index (χ1v) is 6.61. The molecule has 0 spiro atoms. The van der Waals surface area contributed by atoms with Crippen LogP contribution in [0.3, 0.4) is 0 Å². The first kappa shape index (κ1) is 15.1. The fourth-order valence-corrected chi connectivity index (χ4v) is 2.06. The molecule has 2 aromatic carbocycles. The molecule has 0 aliphatic rings. The third kappa shape index (κ3) is 3.86. The Labute approximate surface area is 123 Å². The summed E-state index contributed by atoms with van der Waals surface area (Å²) in [5.74, 6) is 1.13. The summed E-state index contributed by atoms with van der Waals surface area (Å²) in [6, 6.07) is 11.6. The summed E-state index contributed by atoms with van der Waals surface area (Å²) >= 11 is 0. The maximum Gasteiger partial charge on any atom is 0.123 e. The van der Waals surface area contributed by atoms with Gasteiger partial charge in [-0.15, -0.1) is 0 Å². The lowest BCUT2D eigenvalue weighted by Gasteiger charge is -2.20. The van der Waals surface area contributed by atoms with Crippen molar-refractivity contribution in [2.45, 2.75) is 6.04 Å². The molecule has 2 rings (SSSR count). The monoisotopic (exact) mass is 290 g/mol. The molecule has 21 heavy (non-hydrogen) atoms. The van der Waals surface area contributed by atoms with Crippen LogP contribution in [0.15, 0.2) is 42.5 Å². The highest BCUT2D eigenvalue weighted by atomic mass is 19.1. The zero-order chi connectivity index (χ0) is 15.2. The van der Waals surface area contributed by atoms with E-state index < -0.39 is 0 Å². The molecular formula is C16H19FN2O2. The molecule has 3 N–H and O–H groups in total. The lowest BCUT2D eigenvalue weighted by atomic mass is 10.1.